The van der Waals surface area contributed by atoms with Gasteiger partial charge >= 0.3 is 6.18 Å². The molecule has 0 amide bonds. The number of rotatable bonds is 6. The van der Waals surface area contributed by atoms with E-state index in [4.69, 9.17) is 0 Å². The van der Waals surface area contributed by atoms with Gasteiger partial charge in [-0.2, -0.15) is 13.2 Å². The van der Waals surface area contributed by atoms with Crippen molar-refractivity contribution in [3.63, 3.8) is 0 Å². The fourth-order valence-corrected chi connectivity index (χ4v) is 1.93. The van der Waals surface area contributed by atoms with Crippen molar-refractivity contribution in [3.05, 3.63) is 29.8 Å². The molecule has 19 heavy (non-hydrogen) atoms. The number of anilines is 1. The zero-order valence-corrected chi connectivity index (χ0v) is 11.6. The molecule has 1 aromatic carbocycles. The highest BCUT2D eigenvalue weighted by atomic mass is 19.4. The Balaban J connectivity index is 2.85. The average molecular weight is 274 g/mol. The second kappa shape index (κ2) is 6.80. The molecule has 0 fully saturated rings. The van der Waals surface area contributed by atoms with Crippen molar-refractivity contribution in [3.8, 4) is 0 Å². The number of alkyl halides is 3. The van der Waals surface area contributed by atoms with E-state index in [0.717, 1.165) is 5.56 Å². The summed E-state index contributed by atoms with van der Waals surface area (Å²) in [6.45, 7) is 3.39. The van der Waals surface area contributed by atoms with E-state index < -0.39 is 12.7 Å². The molecule has 108 valence electrons. The van der Waals surface area contributed by atoms with Crippen LogP contribution in [0.5, 0.6) is 0 Å². The van der Waals surface area contributed by atoms with Crippen molar-refractivity contribution in [2.75, 3.05) is 25.0 Å². The van der Waals surface area contributed by atoms with Crippen molar-refractivity contribution in [1.29, 1.82) is 0 Å². The molecule has 0 aliphatic heterocycles. The molecule has 0 heterocycles. The van der Waals surface area contributed by atoms with Crippen LogP contribution in [0.4, 0.5) is 18.9 Å². The van der Waals surface area contributed by atoms with E-state index in [2.05, 4.69) is 5.32 Å². The molecule has 1 rings (SSSR count). The Kier molecular flexibility index (Phi) is 5.66. The summed E-state index contributed by atoms with van der Waals surface area (Å²) in [5.41, 5.74) is 1.68. The fourth-order valence-electron chi connectivity index (χ4n) is 1.93. The monoisotopic (exact) mass is 274 g/mol. The van der Waals surface area contributed by atoms with Crippen LogP contribution in [-0.2, 0) is 0 Å². The Morgan fingerprint density at radius 1 is 1.21 bits per heavy atom. The highest BCUT2D eigenvalue weighted by molar-refractivity contribution is 5.48. The summed E-state index contributed by atoms with van der Waals surface area (Å²) in [5, 5.41) is 3.10. The molecule has 0 aliphatic rings. The Bertz CT molecular complexity index is 373. The van der Waals surface area contributed by atoms with E-state index in [9.17, 15) is 13.2 Å². The van der Waals surface area contributed by atoms with Crippen molar-refractivity contribution < 1.29 is 13.2 Å². The smallest absolute Gasteiger partial charge is 0.363 e. The van der Waals surface area contributed by atoms with E-state index in [0.29, 0.717) is 18.7 Å². The Hall–Kier alpha value is -1.23. The van der Waals surface area contributed by atoms with E-state index in [1.165, 1.54) is 4.90 Å². The molecule has 0 bridgehead atoms. The predicted molar refractivity (Wildman–Crippen MR) is 72.5 cm³/mol. The SMILES string of the molecule is CCCN(CC(F)(F)F)c1ccc(C(C)NC)cc1. The molecule has 5 heteroatoms. The van der Waals surface area contributed by atoms with Gasteiger partial charge in [-0.25, -0.2) is 0 Å². The van der Waals surface area contributed by atoms with E-state index in [1.807, 2.05) is 33.0 Å². The van der Waals surface area contributed by atoms with Gasteiger partial charge < -0.3 is 10.2 Å². The van der Waals surface area contributed by atoms with E-state index in [-0.39, 0.29) is 6.04 Å². The lowest BCUT2D eigenvalue weighted by molar-refractivity contribution is -0.119. The van der Waals surface area contributed by atoms with Crippen LogP contribution >= 0.6 is 0 Å². The summed E-state index contributed by atoms with van der Waals surface area (Å²) in [5.74, 6) is 0. The molecule has 1 aromatic rings. The minimum absolute atomic E-state index is 0.191. The maximum atomic E-state index is 12.5. The van der Waals surface area contributed by atoms with Crippen LogP contribution < -0.4 is 10.2 Å². The molecule has 0 aliphatic carbocycles. The summed E-state index contributed by atoms with van der Waals surface area (Å²) in [4.78, 5) is 1.37. The third kappa shape index (κ3) is 5.11. The molecular formula is C14H21F3N2. The second-order valence-electron chi connectivity index (χ2n) is 4.64. The van der Waals surface area contributed by atoms with Crippen molar-refractivity contribution >= 4 is 5.69 Å². The minimum atomic E-state index is -4.17. The van der Waals surface area contributed by atoms with Gasteiger partial charge in [0.05, 0.1) is 0 Å². The van der Waals surface area contributed by atoms with Crippen LogP contribution in [0.3, 0.4) is 0 Å². The van der Waals surface area contributed by atoms with Crippen LogP contribution in [0.2, 0.25) is 0 Å². The topological polar surface area (TPSA) is 15.3 Å². The first-order valence-corrected chi connectivity index (χ1v) is 6.46. The predicted octanol–water partition coefficient (Wildman–Crippen LogP) is 3.75. The Morgan fingerprint density at radius 2 is 1.79 bits per heavy atom. The molecule has 2 nitrogen and oxygen atoms in total. The molecule has 1 atom stereocenters. The molecule has 0 aromatic heterocycles. The van der Waals surface area contributed by atoms with E-state index in [1.54, 1.807) is 12.1 Å². The fraction of sp³-hybridized carbons (Fsp3) is 0.571. The van der Waals surface area contributed by atoms with Gasteiger partial charge in [0.1, 0.15) is 6.54 Å². The lowest BCUT2D eigenvalue weighted by Crippen LogP contribution is -2.34. The maximum absolute atomic E-state index is 12.5. The van der Waals surface area contributed by atoms with E-state index >= 15 is 0 Å². The summed E-state index contributed by atoms with van der Waals surface area (Å²) in [6, 6.07) is 7.44. The molecule has 1 unspecified atom stereocenters. The zero-order valence-electron chi connectivity index (χ0n) is 11.6. The third-order valence-electron chi connectivity index (χ3n) is 3.05. The van der Waals surface area contributed by atoms with Crippen LogP contribution in [0.15, 0.2) is 24.3 Å². The highest BCUT2D eigenvalue weighted by Gasteiger charge is 2.30. The van der Waals surface area contributed by atoms with Crippen molar-refractivity contribution in [1.82, 2.24) is 5.32 Å². The molecular weight excluding hydrogens is 253 g/mol. The van der Waals surface area contributed by atoms with Crippen LogP contribution in [0.1, 0.15) is 31.9 Å². The average Bonchev–Trinajstić information content (AvgIpc) is 2.36. The molecule has 0 spiro atoms. The van der Waals surface area contributed by atoms with Gasteiger partial charge in [-0.15, -0.1) is 0 Å². The van der Waals surface area contributed by atoms with Crippen molar-refractivity contribution in [2.24, 2.45) is 0 Å². The first-order valence-electron chi connectivity index (χ1n) is 6.46. The van der Waals surface area contributed by atoms with Crippen LogP contribution in [-0.4, -0.2) is 26.3 Å². The zero-order chi connectivity index (χ0) is 14.5. The minimum Gasteiger partial charge on any atom is -0.363 e. The summed E-state index contributed by atoms with van der Waals surface area (Å²) < 4.78 is 37.6. The van der Waals surface area contributed by atoms with Crippen molar-refractivity contribution in [2.45, 2.75) is 32.5 Å². The number of hydrogen-bond donors (Lipinski definition) is 1. The highest BCUT2D eigenvalue weighted by Crippen LogP contribution is 2.24. The number of halogens is 3. The Labute approximate surface area is 112 Å². The number of hydrogen-bond acceptors (Lipinski definition) is 2. The van der Waals surface area contributed by atoms with Gasteiger partial charge in [0, 0.05) is 18.3 Å². The van der Waals surface area contributed by atoms with Gasteiger partial charge in [-0.05, 0) is 38.1 Å². The van der Waals surface area contributed by atoms with Gasteiger partial charge in [0.2, 0.25) is 0 Å². The molecule has 0 saturated heterocycles. The third-order valence-corrected chi connectivity index (χ3v) is 3.05. The maximum Gasteiger partial charge on any atom is 0.405 e. The van der Waals surface area contributed by atoms with Crippen LogP contribution in [0.25, 0.3) is 0 Å². The quantitative estimate of drug-likeness (QED) is 0.850. The molecule has 1 N–H and O–H groups in total. The molecule has 0 radical (unpaired) electrons. The summed E-state index contributed by atoms with van der Waals surface area (Å²) >= 11 is 0. The number of benzene rings is 1. The van der Waals surface area contributed by atoms with Gasteiger partial charge in [-0.3, -0.25) is 0 Å². The normalized spacial score (nSPS) is 13.4. The van der Waals surface area contributed by atoms with Gasteiger partial charge in [0.25, 0.3) is 0 Å². The first kappa shape index (κ1) is 15.8. The standard InChI is InChI=1S/C14H21F3N2/c1-4-9-19(10-14(15,16)17)13-7-5-12(6-8-13)11(2)18-3/h5-8,11,18H,4,9-10H2,1-3H3. The molecule has 0 saturated carbocycles. The Morgan fingerprint density at radius 3 is 2.21 bits per heavy atom. The van der Waals surface area contributed by atoms with Gasteiger partial charge in [0.15, 0.2) is 0 Å². The lowest BCUT2D eigenvalue weighted by Gasteiger charge is -2.26. The first-order chi connectivity index (χ1) is 8.87. The van der Waals surface area contributed by atoms with Crippen LogP contribution in [0, 0.1) is 0 Å². The lowest BCUT2D eigenvalue weighted by atomic mass is 10.1. The number of nitrogens with zero attached hydrogens (tertiary/aromatic N) is 1. The largest absolute Gasteiger partial charge is 0.405 e. The van der Waals surface area contributed by atoms with Gasteiger partial charge in [-0.1, -0.05) is 19.1 Å². The second-order valence-corrected chi connectivity index (χ2v) is 4.64. The summed E-state index contributed by atoms with van der Waals surface area (Å²) in [6.07, 6.45) is -3.49. The summed E-state index contributed by atoms with van der Waals surface area (Å²) in [7, 11) is 1.85. The number of nitrogens with one attached hydrogen (secondary N) is 1.